The molecule has 0 saturated carbocycles. The lowest BCUT2D eigenvalue weighted by Crippen LogP contribution is -2.45. The molecular weight excluding hydrogens is 347 g/mol. The van der Waals surface area contributed by atoms with E-state index < -0.39 is 28.7 Å². The zero-order valence-corrected chi connectivity index (χ0v) is 13.0. The second-order valence-corrected chi connectivity index (χ2v) is 6.46. The first kappa shape index (κ1) is 16.0. The first-order valence-corrected chi connectivity index (χ1v) is 7.21. The van der Waals surface area contributed by atoms with Crippen molar-refractivity contribution in [1.82, 2.24) is 14.6 Å². The maximum absolute atomic E-state index is 10.2. The van der Waals surface area contributed by atoms with Gasteiger partial charge in [0.05, 0.1) is 12.3 Å². The molecule has 0 bridgehead atoms. The third kappa shape index (κ3) is 1.97. The number of hydrogen-bond acceptors (Lipinski definition) is 8. The number of aliphatic hydroxyl groups is 2. The summed E-state index contributed by atoms with van der Waals surface area (Å²) in [5.74, 6) is -0.0450. The highest BCUT2D eigenvalue weighted by atomic mass is 35.5. The second-order valence-electron chi connectivity index (χ2n) is 5.07. The van der Waals surface area contributed by atoms with E-state index in [2.05, 4.69) is 10.1 Å². The van der Waals surface area contributed by atoms with Crippen molar-refractivity contribution in [1.29, 1.82) is 5.26 Å². The smallest absolute Gasteiger partial charge is 0.240 e. The van der Waals surface area contributed by atoms with Crippen molar-refractivity contribution in [3.63, 3.8) is 0 Å². The Balaban J connectivity index is 2.29. The Bertz CT molecular complexity index is 819. The van der Waals surface area contributed by atoms with Crippen LogP contribution in [0.1, 0.15) is 5.69 Å². The van der Waals surface area contributed by atoms with Gasteiger partial charge in [0.25, 0.3) is 0 Å². The molecule has 0 amide bonds. The second kappa shape index (κ2) is 5.09. The van der Waals surface area contributed by atoms with Crippen LogP contribution in [-0.2, 0) is 10.3 Å². The molecular formula is C12H12Cl2N6O3. The molecule has 122 valence electrons. The number of ether oxygens (including phenoxy) is 1. The summed E-state index contributed by atoms with van der Waals surface area (Å²) in [5, 5.41) is 33.2. The SMILES string of the molecule is N#C[C@@]1(c2ccc3c(N)nc(N)nn23)O[C@H](CO)C(O)C1(Cl)Cl. The van der Waals surface area contributed by atoms with Crippen molar-refractivity contribution >= 4 is 40.5 Å². The van der Waals surface area contributed by atoms with Crippen LogP contribution in [0.4, 0.5) is 11.8 Å². The van der Waals surface area contributed by atoms with Crippen LogP contribution in [0.5, 0.6) is 0 Å². The van der Waals surface area contributed by atoms with Crippen LogP contribution >= 0.6 is 23.2 Å². The van der Waals surface area contributed by atoms with Gasteiger partial charge in [-0.3, -0.25) is 0 Å². The van der Waals surface area contributed by atoms with Gasteiger partial charge in [0.15, 0.2) is 10.2 Å². The number of alkyl halides is 2. The maximum atomic E-state index is 10.2. The number of hydrogen-bond donors (Lipinski definition) is 4. The summed E-state index contributed by atoms with van der Waals surface area (Å²) in [6.07, 6.45) is -2.65. The average molecular weight is 359 g/mol. The molecule has 0 aromatic carbocycles. The van der Waals surface area contributed by atoms with E-state index in [0.29, 0.717) is 5.52 Å². The van der Waals surface area contributed by atoms with E-state index in [1.165, 1.54) is 16.6 Å². The summed E-state index contributed by atoms with van der Waals surface area (Å²) < 4.78 is 4.69. The first-order chi connectivity index (χ1) is 10.8. The van der Waals surface area contributed by atoms with Gasteiger partial charge in [-0.05, 0) is 12.1 Å². The third-order valence-electron chi connectivity index (χ3n) is 3.77. The van der Waals surface area contributed by atoms with E-state index in [1.54, 1.807) is 0 Å². The molecule has 1 aliphatic rings. The van der Waals surface area contributed by atoms with E-state index >= 15 is 0 Å². The Morgan fingerprint density at radius 1 is 1.43 bits per heavy atom. The minimum Gasteiger partial charge on any atom is -0.394 e. The molecule has 1 saturated heterocycles. The number of nitrogens with zero attached hydrogens (tertiary/aromatic N) is 4. The molecule has 0 radical (unpaired) electrons. The maximum Gasteiger partial charge on any atom is 0.240 e. The van der Waals surface area contributed by atoms with Crippen LogP contribution in [0.25, 0.3) is 5.52 Å². The largest absolute Gasteiger partial charge is 0.394 e. The molecule has 1 aliphatic heterocycles. The lowest BCUT2D eigenvalue weighted by molar-refractivity contribution is -0.0524. The van der Waals surface area contributed by atoms with Crippen molar-refractivity contribution in [3.8, 4) is 6.07 Å². The lowest BCUT2D eigenvalue weighted by atomic mass is 9.94. The van der Waals surface area contributed by atoms with Crippen molar-refractivity contribution in [2.45, 2.75) is 22.1 Å². The van der Waals surface area contributed by atoms with Crippen LogP contribution in [0.15, 0.2) is 12.1 Å². The molecule has 9 nitrogen and oxygen atoms in total. The third-order valence-corrected chi connectivity index (χ3v) is 4.75. The number of rotatable bonds is 2. The minimum absolute atomic E-state index is 0.0869. The Morgan fingerprint density at radius 2 is 2.13 bits per heavy atom. The Labute approximate surface area is 140 Å². The molecule has 6 N–H and O–H groups in total. The highest BCUT2D eigenvalue weighted by Gasteiger charge is 2.67. The minimum atomic E-state index is -2.06. The molecule has 3 heterocycles. The van der Waals surface area contributed by atoms with Crippen molar-refractivity contribution < 1.29 is 14.9 Å². The Hall–Kier alpha value is -1.83. The number of nitrogens with two attached hydrogens (primary N) is 2. The van der Waals surface area contributed by atoms with E-state index in [1.807, 2.05) is 6.07 Å². The summed E-state index contributed by atoms with van der Waals surface area (Å²) >= 11 is 12.4. The highest BCUT2D eigenvalue weighted by Crippen LogP contribution is 2.53. The first-order valence-electron chi connectivity index (χ1n) is 6.45. The van der Waals surface area contributed by atoms with Crippen molar-refractivity contribution in [3.05, 3.63) is 17.8 Å². The van der Waals surface area contributed by atoms with Crippen LogP contribution < -0.4 is 11.5 Å². The monoisotopic (exact) mass is 358 g/mol. The standard InChI is InChI=1S/C12H12Cl2N6O3/c13-12(14)8(22)6(3-21)23-11(12,4-15)7-2-1-5-9(16)18-10(17)19-20(5)7/h1-2,6,8,21-22H,3H2,(H4,16,17,18,19)/t6-,8?,11+/m1/s1. The fourth-order valence-electron chi connectivity index (χ4n) is 2.64. The molecule has 3 atom stereocenters. The number of nitriles is 1. The number of halogens is 2. The lowest BCUT2D eigenvalue weighted by Gasteiger charge is -2.30. The normalized spacial score (nSPS) is 29.7. The van der Waals surface area contributed by atoms with E-state index in [4.69, 9.17) is 39.4 Å². The number of fused-ring (bicyclic) bond motifs is 1. The van der Waals surface area contributed by atoms with Gasteiger partial charge in [-0.15, -0.1) is 5.10 Å². The van der Waals surface area contributed by atoms with Gasteiger partial charge in [0, 0.05) is 0 Å². The van der Waals surface area contributed by atoms with Crippen molar-refractivity contribution in [2.75, 3.05) is 18.1 Å². The highest BCUT2D eigenvalue weighted by molar-refractivity contribution is 6.50. The van der Waals surface area contributed by atoms with Gasteiger partial charge in [0.1, 0.15) is 23.8 Å². The van der Waals surface area contributed by atoms with E-state index in [-0.39, 0.29) is 17.5 Å². The Morgan fingerprint density at radius 3 is 2.70 bits per heavy atom. The number of aliphatic hydroxyl groups excluding tert-OH is 2. The summed E-state index contributed by atoms with van der Waals surface area (Å²) in [5.41, 5.74) is 9.82. The summed E-state index contributed by atoms with van der Waals surface area (Å²) in [7, 11) is 0. The van der Waals surface area contributed by atoms with E-state index in [9.17, 15) is 15.5 Å². The van der Waals surface area contributed by atoms with Crippen LogP contribution in [-0.4, -0.2) is 48.0 Å². The van der Waals surface area contributed by atoms with Crippen LogP contribution in [0.2, 0.25) is 0 Å². The predicted molar refractivity (Wildman–Crippen MR) is 81.5 cm³/mol. The fourth-order valence-corrected chi connectivity index (χ4v) is 3.29. The molecule has 11 heteroatoms. The number of nitrogen functional groups attached to an aromatic ring is 2. The molecule has 2 aromatic heterocycles. The molecule has 23 heavy (non-hydrogen) atoms. The van der Waals surface area contributed by atoms with Gasteiger partial charge in [-0.2, -0.15) is 10.2 Å². The number of aromatic nitrogens is 3. The molecule has 0 spiro atoms. The molecule has 1 unspecified atom stereocenters. The molecule has 1 fully saturated rings. The zero-order valence-electron chi connectivity index (χ0n) is 11.5. The van der Waals surface area contributed by atoms with Gasteiger partial charge < -0.3 is 26.4 Å². The average Bonchev–Trinajstić information content (AvgIpc) is 2.99. The molecule has 2 aromatic rings. The zero-order chi connectivity index (χ0) is 17.0. The quantitative estimate of drug-likeness (QED) is 0.525. The molecule has 0 aliphatic carbocycles. The summed E-state index contributed by atoms with van der Waals surface area (Å²) in [6, 6.07) is 4.88. The summed E-state index contributed by atoms with van der Waals surface area (Å²) in [4.78, 5) is 3.82. The van der Waals surface area contributed by atoms with Crippen molar-refractivity contribution in [2.24, 2.45) is 0 Å². The predicted octanol–water partition coefficient (Wildman–Crippen LogP) is -0.462. The van der Waals surface area contributed by atoms with Gasteiger partial charge in [-0.1, -0.05) is 23.2 Å². The fraction of sp³-hybridized carbons (Fsp3) is 0.417. The van der Waals surface area contributed by atoms with Crippen LogP contribution in [0.3, 0.4) is 0 Å². The van der Waals surface area contributed by atoms with E-state index in [0.717, 1.165) is 0 Å². The summed E-state index contributed by atoms with van der Waals surface area (Å²) in [6.45, 7) is -0.575. The van der Waals surface area contributed by atoms with Crippen LogP contribution in [0, 0.1) is 11.3 Å². The van der Waals surface area contributed by atoms with Gasteiger partial charge in [-0.25, -0.2) is 4.52 Å². The van der Waals surface area contributed by atoms with Gasteiger partial charge in [0.2, 0.25) is 11.5 Å². The van der Waals surface area contributed by atoms with Gasteiger partial charge >= 0.3 is 0 Å². The molecule has 3 rings (SSSR count). The Kier molecular flexibility index (Phi) is 3.55. The topological polar surface area (TPSA) is 156 Å². The number of anilines is 2.